The molecule has 1 fully saturated rings. The van der Waals surface area contributed by atoms with E-state index >= 15 is 0 Å². The molecule has 2 amide bonds. The predicted octanol–water partition coefficient (Wildman–Crippen LogP) is 1.61. The molecule has 1 aliphatic carbocycles. The number of rotatable bonds is 5. The van der Waals surface area contributed by atoms with Crippen LogP contribution in [0.2, 0.25) is 0 Å². The Balaban J connectivity index is 2.04. The van der Waals surface area contributed by atoms with Crippen molar-refractivity contribution in [3.05, 3.63) is 34.9 Å². The second-order valence-electron chi connectivity index (χ2n) is 7.94. The molecule has 0 spiro atoms. The summed E-state index contributed by atoms with van der Waals surface area (Å²) in [5.41, 5.74) is 7.65. The van der Waals surface area contributed by atoms with E-state index in [-0.39, 0.29) is 41.9 Å². The second-order valence-corrected chi connectivity index (χ2v) is 7.94. The average molecular weight is 371 g/mol. The monoisotopic (exact) mass is 371 g/mol. The van der Waals surface area contributed by atoms with Crippen LogP contribution in [0.4, 0.5) is 11.4 Å². The Morgan fingerprint density at radius 1 is 1.37 bits per heavy atom. The van der Waals surface area contributed by atoms with Crippen molar-refractivity contribution in [1.82, 2.24) is 0 Å². The van der Waals surface area contributed by atoms with Gasteiger partial charge in [-0.3, -0.25) is 14.4 Å². The highest BCUT2D eigenvalue weighted by atomic mass is 16.3. The van der Waals surface area contributed by atoms with E-state index in [1.54, 1.807) is 30.0 Å². The van der Waals surface area contributed by atoms with Crippen molar-refractivity contribution in [3.63, 3.8) is 0 Å². The molecule has 1 aromatic rings. The number of hydrogen-bond acceptors (Lipinski definition) is 5. The lowest BCUT2D eigenvalue weighted by Crippen LogP contribution is -2.43. The zero-order chi connectivity index (χ0) is 19.9. The smallest absolute Gasteiger partial charge is 0.254 e. The van der Waals surface area contributed by atoms with Crippen LogP contribution in [-0.2, 0) is 9.59 Å². The van der Waals surface area contributed by atoms with Gasteiger partial charge in [0.1, 0.15) is 0 Å². The van der Waals surface area contributed by atoms with Gasteiger partial charge in [0.25, 0.3) is 11.8 Å². The molecular weight excluding hydrogens is 346 g/mol. The van der Waals surface area contributed by atoms with Crippen molar-refractivity contribution < 1.29 is 19.5 Å². The van der Waals surface area contributed by atoms with Crippen LogP contribution in [0.25, 0.3) is 0 Å². The molecule has 1 saturated carbocycles. The molecule has 7 heteroatoms. The minimum atomic E-state index is -0.598. The van der Waals surface area contributed by atoms with E-state index in [1.165, 1.54) is 0 Å². The van der Waals surface area contributed by atoms with Crippen LogP contribution >= 0.6 is 0 Å². The van der Waals surface area contributed by atoms with E-state index in [2.05, 4.69) is 5.32 Å². The Labute approximate surface area is 158 Å². The number of nitrogens with two attached hydrogens (primary N) is 1. The predicted molar refractivity (Wildman–Crippen MR) is 103 cm³/mol. The highest BCUT2D eigenvalue weighted by molar-refractivity contribution is 6.18. The normalized spacial score (nSPS) is 21.5. The van der Waals surface area contributed by atoms with Crippen molar-refractivity contribution in [2.45, 2.75) is 39.7 Å². The number of anilines is 2. The third kappa shape index (κ3) is 3.35. The third-order valence-electron chi connectivity index (χ3n) is 5.25. The molecule has 27 heavy (non-hydrogen) atoms. The number of fused-ring (bicyclic) bond motifs is 1. The Morgan fingerprint density at radius 3 is 2.70 bits per heavy atom. The highest BCUT2D eigenvalue weighted by Gasteiger charge is 2.47. The van der Waals surface area contributed by atoms with Crippen LogP contribution in [0.15, 0.2) is 29.3 Å². The van der Waals surface area contributed by atoms with Crippen LogP contribution in [0.3, 0.4) is 0 Å². The Morgan fingerprint density at radius 2 is 2.07 bits per heavy atom. The van der Waals surface area contributed by atoms with Gasteiger partial charge in [-0.05, 0) is 37.0 Å². The summed E-state index contributed by atoms with van der Waals surface area (Å²) < 4.78 is 0. The average Bonchev–Trinajstić information content (AvgIpc) is 2.82. The fraction of sp³-hybridized carbons (Fsp3) is 0.450. The second kappa shape index (κ2) is 6.81. The number of Topliss-reactive ketones (excluding diaryl/α,β-unsaturated/α-hetero) is 1. The lowest BCUT2D eigenvalue weighted by atomic mass is 9.72. The fourth-order valence-electron chi connectivity index (χ4n) is 4.06. The summed E-state index contributed by atoms with van der Waals surface area (Å²) >= 11 is 0. The summed E-state index contributed by atoms with van der Waals surface area (Å²) in [5, 5.41) is 12.0. The summed E-state index contributed by atoms with van der Waals surface area (Å²) in [6, 6.07) is 4.60. The third-order valence-corrected chi connectivity index (χ3v) is 5.25. The van der Waals surface area contributed by atoms with Gasteiger partial charge < -0.3 is 21.1 Å². The molecule has 0 aromatic heterocycles. The van der Waals surface area contributed by atoms with Crippen molar-refractivity contribution in [3.8, 4) is 0 Å². The van der Waals surface area contributed by atoms with Crippen LogP contribution in [0.5, 0.6) is 0 Å². The Bertz CT molecular complexity index is 857. The molecule has 144 valence electrons. The molecule has 1 heterocycles. The Kier molecular flexibility index (Phi) is 4.82. The van der Waals surface area contributed by atoms with Crippen LogP contribution < -0.4 is 16.0 Å². The maximum Gasteiger partial charge on any atom is 0.254 e. The SMILES string of the molecule is CC1=C2C(=O)CC(C)(C)CC2N(c2ccc(C(N)=O)c(NCCO)c2)C1=O. The van der Waals surface area contributed by atoms with E-state index < -0.39 is 5.91 Å². The number of carbonyl (C=O) groups is 3. The maximum absolute atomic E-state index is 12.9. The number of ketones is 1. The lowest BCUT2D eigenvalue weighted by Gasteiger charge is -2.38. The quantitative estimate of drug-likeness (QED) is 0.728. The summed E-state index contributed by atoms with van der Waals surface area (Å²) in [7, 11) is 0. The van der Waals surface area contributed by atoms with E-state index in [9.17, 15) is 14.4 Å². The van der Waals surface area contributed by atoms with Crippen LogP contribution in [0, 0.1) is 5.41 Å². The fourth-order valence-corrected chi connectivity index (χ4v) is 4.06. The van der Waals surface area contributed by atoms with Gasteiger partial charge in [0.2, 0.25) is 0 Å². The van der Waals surface area contributed by atoms with Crippen LogP contribution in [0.1, 0.15) is 44.0 Å². The first-order valence-electron chi connectivity index (χ1n) is 9.02. The minimum Gasteiger partial charge on any atom is -0.395 e. The van der Waals surface area contributed by atoms with E-state index in [4.69, 9.17) is 10.8 Å². The number of primary amides is 1. The number of nitrogens with zero attached hydrogens (tertiary/aromatic N) is 1. The highest BCUT2D eigenvalue weighted by Crippen LogP contribution is 2.45. The molecular formula is C20H25N3O4. The summed E-state index contributed by atoms with van der Waals surface area (Å²) in [6.45, 7) is 5.89. The number of aliphatic hydroxyl groups excluding tert-OH is 1. The van der Waals surface area contributed by atoms with Gasteiger partial charge in [-0.15, -0.1) is 0 Å². The number of carbonyl (C=O) groups excluding carboxylic acids is 3. The van der Waals surface area contributed by atoms with Crippen molar-refractivity contribution in [2.24, 2.45) is 11.1 Å². The van der Waals surface area contributed by atoms with Gasteiger partial charge in [-0.1, -0.05) is 13.8 Å². The molecule has 1 aromatic carbocycles. The van der Waals surface area contributed by atoms with E-state index in [0.717, 1.165) is 0 Å². The van der Waals surface area contributed by atoms with Crippen molar-refractivity contribution >= 4 is 29.0 Å². The maximum atomic E-state index is 12.9. The topological polar surface area (TPSA) is 113 Å². The zero-order valence-electron chi connectivity index (χ0n) is 15.8. The molecule has 0 radical (unpaired) electrons. The van der Waals surface area contributed by atoms with Gasteiger partial charge in [0.05, 0.1) is 18.2 Å². The number of benzene rings is 1. The Hall–Kier alpha value is -2.67. The van der Waals surface area contributed by atoms with E-state index in [0.29, 0.717) is 35.4 Å². The van der Waals surface area contributed by atoms with Gasteiger partial charge in [-0.2, -0.15) is 0 Å². The van der Waals surface area contributed by atoms with Gasteiger partial charge >= 0.3 is 0 Å². The standard InChI is InChI=1S/C20H25N3O4/c1-11-17-15(9-20(2,3)10-16(17)25)23(19(11)27)12-4-5-13(18(21)26)14(8-12)22-6-7-24/h4-5,8,15,22,24H,6-7,9-10H2,1-3H3,(H2,21,26). The largest absolute Gasteiger partial charge is 0.395 e. The van der Waals surface area contributed by atoms with Gasteiger partial charge in [0, 0.05) is 35.5 Å². The first-order valence-corrected chi connectivity index (χ1v) is 9.02. The molecule has 3 rings (SSSR count). The van der Waals surface area contributed by atoms with Crippen LogP contribution in [-0.4, -0.2) is 41.9 Å². The van der Waals surface area contributed by atoms with E-state index in [1.807, 2.05) is 13.8 Å². The van der Waals surface area contributed by atoms with Gasteiger partial charge in [-0.25, -0.2) is 0 Å². The van der Waals surface area contributed by atoms with Crippen molar-refractivity contribution in [1.29, 1.82) is 0 Å². The van der Waals surface area contributed by atoms with Crippen molar-refractivity contribution in [2.75, 3.05) is 23.4 Å². The summed E-state index contributed by atoms with van der Waals surface area (Å²) in [6.07, 6.45) is 1.12. The number of hydrogen-bond donors (Lipinski definition) is 3. The molecule has 2 aliphatic rings. The molecule has 4 N–H and O–H groups in total. The molecule has 1 aliphatic heterocycles. The molecule has 0 bridgehead atoms. The number of amides is 2. The van der Waals surface area contributed by atoms with Gasteiger partial charge in [0.15, 0.2) is 5.78 Å². The number of aliphatic hydroxyl groups is 1. The molecule has 0 saturated heterocycles. The molecule has 1 unspecified atom stereocenters. The number of nitrogens with one attached hydrogen (secondary N) is 1. The summed E-state index contributed by atoms with van der Waals surface area (Å²) in [5.74, 6) is -0.767. The lowest BCUT2D eigenvalue weighted by molar-refractivity contribution is -0.119. The first kappa shape index (κ1) is 19.1. The zero-order valence-corrected chi connectivity index (χ0v) is 15.8. The molecule has 1 atom stereocenters. The first-order chi connectivity index (χ1) is 12.7. The minimum absolute atomic E-state index is 0.0250. The molecule has 7 nitrogen and oxygen atoms in total. The summed E-state index contributed by atoms with van der Waals surface area (Å²) in [4.78, 5) is 38.9.